The van der Waals surface area contributed by atoms with Gasteiger partial charge in [0.05, 0.1) is 18.2 Å². The molecule has 3 nitrogen and oxygen atoms in total. The summed E-state index contributed by atoms with van der Waals surface area (Å²) in [4.78, 5) is 4.45. The number of aromatic nitrogens is 1. The van der Waals surface area contributed by atoms with Crippen LogP contribution >= 0.6 is 11.3 Å². The third-order valence-corrected chi connectivity index (χ3v) is 3.24. The quantitative estimate of drug-likeness (QED) is 0.806. The highest BCUT2D eigenvalue weighted by Crippen LogP contribution is 2.17. The average molecular weight is 242 g/mol. The lowest BCUT2D eigenvalue weighted by Gasteiger charge is -2.20. The SMILES string of the molecule is Cc1csc(C(C)NCCOC(C)(C)C)n1. The van der Waals surface area contributed by atoms with Crippen LogP contribution in [-0.2, 0) is 4.74 Å². The number of nitrogens with one attached hydrogen (secondary N) is 1. The molecule has 1 heterocycles. The summed E-state index contributed by atoms with van der Waals surface area (Å²) in [5.41, 5.74) is 1.04. The molecule has 1 aromatic rings. The van der Waals surface area contributed by atoms with Crippen molar-refractivity contribution in [3.8, 4) is 0 Å². The van der Waals surface area contributed by atoms with E-state index in [2.05, 4.69) is 43.4 Å². The molecular formula is C12H22N2OS. The molecule has 1 rings (SSSR count). The van der Waals surface area contributed by atoms with Crippen LogP contribution in [0.4, 0.5) is 0 Å². The molecule has 1 N–H and O–H groups in total. The maximum Gasteiger partial charge on any atom is 0.110 e. The van der Waals surface area contributed by atoms with E-state index in [0.717, 1.165) is 23.9 Å². The van der Waals surface area contributed by atoms with Crippen molar-refractivity contribution in [1.29, 1.82) is 0 Å². The Labute approximate surface area is 102 Å². The first-order valence-corrected chi connectivity index (χ1v) is 6.56. The summed E-state index contributed by atoms with van der Waals surface area (Å²) >= 11 is 1.71. The summed E-state index contributed by atoms with van der Waals surface area (Å²) in [5, 5.41) is 6.64. The monoisotopic (exact) mass is 242 g/mol. The van der Waals surface area contributed by atoms with Crippen LogP contribution in [0.5, 0.6) is 0 Å². The van der Waals surface area contributed by atoms with E-state index in [4.69, 9.17) is 4.74 Å². The van der Waals surface area contributed by atoms with E-state index in [0.29, 0.717) is 6.04 Å². The molecule has 16 heavy (non-hydrogen) atoms. The average Bonchev–Trinajstić information content (AvgIpc) is 2.57. The molecule has 0 aliphatic heterocycles. The molecule has 0 bridgehead atoms. The molecule has 92 valence electrons. The zero-order valence-corrected chi connectivity index (χ0v) is 11.6. The molecule has 0 aliphatic rings. The summed E-state index contributed by atoms with van der Waals surface area (Å²) < 4.78 is 5.64. The van der Waals surface area contributed by atoms with E-state index < -0.39 is 0 Å². The van der Waals surface area contributed by atoms with Crippen molar-refractivity contribution in [3.63, 3.8) is 0 Å². The number of ether oxygens (including phenoxy) is 1. The number of hydrogen-bond acceptors (Lipinski definition) is 4. The highest BCUT2D eigenvalue weighted by molar-refractivity contribution is 7.09. The fourth-order valence-electron chi connectivity index (χ4n) is 1.29. The van der Waals surface area contributed by atoms with Crippen molar-refractivity contribution in [2.75, 3.05) is 13.2 Å². The van der Waals surface area contributed by atoms with Crippen LogP contribution in [0.2, 0.25) is 0 Å². The summed E-state index contributed by atoms with van der Waals surface area (Å²) in [6, 6.07) is 0.308. The molecule has 0 aliphatic carbocycles. The Kier molecular flexibility index (Phi) is 4.89. The minimum Gasteiger partial charge on any atom is -0.375 e. The van der Waals surface area contributed by atoms with Crippen LogP contribution < -0.4 is 5.32 Å². The number of rotatable bonds is 5. The second-order valence-electron chi connectivity index (χ2n) is 4.96. The normalized spacial score (nSPS) is 14.1. The van der Waals surface area contributed by atoms with Crippen molar-refractivity contribution >= 4 is 11.3 Å². The Morgan fingerprint density at radius 3 is 2.69 bits per heavy atom. The highest BCUT2D eigenvalue weighted by atomic mass is 32.1. The van der Waals surface area contributed by atoms with Crippen molar-refractivity contribution < 1.29 is 4.74 Å². The number of nitrogens with zero attached hydrogens (tertiary/aromatic N) is 1. The zero-order chi connectivity index (χ0) is 12.2. The van der Waals surface area contributed by atoms with Gasteiger partial charge in [0.15, 0.2) is 0 Å². The van der Waals surface area contributed by atoms with Gasteiger partial charge in [-0.05, 0) is 34.6 Å². The summed E-state index contributed by atoms with van der Waals surface area (Å²) in [7, 11) is 0. The molecule has 1 atom stereocenters. The van der Waals surface area contributed by atoms with Crippen LogP contribution in [-0.4, -0.2) is 23.7 Å². The van der Waals surface area contributed by atoms with E-state index in [1.165, 1.54) is 0 Å². The topological polar surface area (TPSA) is 34.1 Å². The standard InChI is InChI=1S/C12H22N2OS/c1-9-8-16-11(14-9)10(2)13-6-7-15-12(3,4)5/h8,10,13H,6-7H2,1-5H3. The van der Waals surface area contributed by atoms with Crippen LogP contribution in [0, 0.1) is 6.92 Å². The van der Waals surface area contributed by atoms with Gasteiger partial charge < -0.3 is 10.1 Å². The van der Waals surface area contributed by atoms with Gasteiger partial charge in [-0.15, -0.1) is 11.3 Å². The van der Waals surface area contributed by atoms with Gasteiger partial charge in [-0.2, -0.15) is 0 Å². The van der Waals surface area contributed by atoms with E-state index >= 15 is 0 Å². The third kappa shape index (κ3) is 5.05. The van der Waals surface area contributed by atoms with Gasteiger partial charge in [-0.3, -0.25) is 0 Å². The minimum atomic E-state index is -0.0529. The third-order valence-electron chi connectivity index (χ3n) is 2.09. The minimum absolute atomic E-state index is 0.0529. The molecule has 0 aromatic carbocycles. The first-order chi connectivity index (χ1) is 7.38. The zero-order valence-electron chi connectivity index (χ0n) is 10.8. The van der Waals surface area contributed by atoms with Crippen molar-refractivity contribution in [2.45, 2.75) is 46.3 Å². The number of hydrogen-bond donors (Lipinski definition) is 1. The van der Waals surface area contributed by atoms with Crippen molar-refractivity contribution in [3.05, 3.63) is 16.1 Å². The van der Waals surface area contributed by atoms with Gasteiger partial charge >= 0.3 is 0 Å². The Hall–Kier alpha value is -0.450. The van der Waals surface area contributed by atoms with Gasteiger partial charge in [0.25, 0.3) is 0 Å². The van der Waals surface area contributed by atoms with Gasteiger partial charge in [0.1, 0.15) is 5.01 Å². The Morgan fingerprint density at radius 2 is 2.19 bits per heavy atom. The fraction of sp³-hybridized carbons (Fsp3) is 0.750. The van der Waals surface area contributed by atoms with E-state index in [1.807, 2.05) is 6.92 Å². The second-order valence-corrected chi connectivity index (χ2v) is 5.85. The molecular weight excluding hydrogens is 220 g/mol. The molecule has 0 radical (unpaired) electrons. The summed E-state index contributed by atoms with van der Waals surface area (Å²) in [6.45, 7) is 12.0. The lowest BCUT2D eigenvalue weighted by atomic mass is 10.2. The molecule has 0 saturated heterocycles. The molecule has 1 aromatic heterocycles. The Balaban J connectivity index is 2.23. The smallest absolute Gasteiger partial charge is 0.110 e. The van der Waals surface area contributed by atoms with Crippen LogP contribution in [0.25, 0.3) is 0 Å². The largest absolute Gasteiger partial charge is 0.375 e. The van der Waals surface area contributed by atoms with Crippen molar-refractivity contribution in [2.24, 2.45) is 0 Å². The van der Waals surface area contributed by atoms with E-state index in [1.54, 1.807) is 11.3 Å². The first kappa shape index (κ1) is 13.6. The second kappa shape index (κ2) is 5.75. The van der Waals surface area contributed by atoms with Gasteiger partial charge in [0.2, 0.25) is 0 Å². The van der Waals surface area contributed by atoms with Crippen molar-refractivity contribution in [1.82, 2.24) is 10.3 Å². The van der Waals surface area contributed by atoms with E-state index in [9.17, 15) is 0 Å². The van der Waals surface area contributed by atoms with Gasteiger partial charge in [-0.1, -0.05) is 0 Å². The maximum atomic E-state index is 5.64. The molecule has 4 heteroatoms. The first-order valence-electron chi connectivity index (χ1n) is 5.68. The lowest BCUT2D eigenvalue weighted by Crippen LogP contribution is -2.28. The number of thiazole rings is 1. The predicted octanol–water partition coefficient (Wildman–Crippen LogP) is 2.92. The van der Waals surface area contributed by atoms with Crippen LogP contribution in [0.1, 0.15) is 44.4 Å². The van der Waals surface area contributed by atoms with E-state index in [-0.39, 0.29) is 5.60 Å². The molecule has 0 saturated carbocycles. The van der Waals surface area contributed by atoms with Gasteiger partial charge in [0, 0.05) is 17.6 Å². The highest BCUT2D eigenvalue weighted by Gasteiger charge is 2.11. The predicted molar refractivity (Wildman–Crippen MR) is 69.0 cm³/mol. The van der Waals surface area contributed by atoms with Crippen LogP contribution in [0.15, 0.2) is 5.38 Å². The Morgan fingerprint density at radius 1 is 1.50 bits per heavy atom. The lowest BCUT2D eigenvalue weighted by molar-refractivity contribution is -0.00149. The Bertz CT molecular complexity index is 317. The summed E-state index contributed by atoms with van der Waals surface area (Å²) in [6.07, 6.45) is 0. The molecule has 0 fully saturated rings. The maximum absolute atomic E-state index is 5.64. The molecule has 0 amide bonds. The van der Waals surface area contributed by atoms with Gasteiger partial charge in [-0.25, -0.2) is 4.98 Å². The number of aryl methyl sites for hydroxylation is 1. The molecule has 1 unspecified atom stereocenters. The summed E-state index contributed by atoms with van der Waals surface area (Å²) in [5.74, 6) is 0. The molecule has 0 spiro atoms. The van der Waals surface area contributed by atoms with Crippen LogP contribution in [0.3, 0.4) is 0 Å². The fourth-order valence-corrected chi connectivity index (χ4v) is 2.12.